The molecule has 1 heterocycles. The number of benzene rings is 1. The molecule has 1 fully saturated rings. The highest BCUT2D eigenvalue weighted by Crippen LogP contribution is 2.31. The van der Waals surface area contributed by atoms with E-state index in [2.05, 4.69) is 18.7 Å². The van der Waals surface area contributed by atoms with Gasteiger partial charge in [-0.25, -0.2) is 4.79 Å². The molecule has 1 aromatic carbocycles. The zero-order chi connectivity index (χ0) is 14.7. The van der Waals surface area contributed by atoms with E-state index in [4.69, 9.17) is 16.7 Å². The Morgan fingerprint density at radius 3 is 2.90 bits per heavy atom. The van der Waals surface area contributed by atoms with Crippen molar-refractivity contribution in [1.29, 1.82) is 0 Å². The number of thioether (sulfide) groups is 1. The van der Waals surface area contributed by atoms with Crippen molar-refractivity contribution in [3.05, 3.63) is 34.9 Å². The van der Waals surface area contributed by atoms with Crippen LogP contribution in [0.3, 0.4) is 0 Å². The van der Waals surface area contributed by atoms with Crippen molar-refractivity contribution in [2.24, 2.45) is 0 Å². The summed E-state index contributed by atoms with van der Waals surface area (Å²) in [4.78, 5) is 12.9. The van der Waals surface area contributed by atoms with E-state index in [1.165, 1.54) is 6.08 Å². The predicted octanol–water partition coefficient (Wildman–Crippen LogP) is 3.77. The zero-order valence-corrected chi connectivity index (χ0v) is 13.1. The molecule has 0 bridgehead atoms. The lowest BCUT2D eigenvalue weighted by Crippen LogP contribution is -2.44. The highest BCUT2D eigenvalue weighted by molar-refractivity contribution is 8.00. The van der Waals surface area contributed by atoms with Gasteiger partial charge in [0, 0.05) is 40.4 Å². The van der Waals surface area contributed by atoms with Gasteiger partial charge in [0.2, 0.25) is 0 Å². The van der Waals surface area contributed by atoms with Gasteiger partial charge in [-0.3, -0.25) is 0 Å². The van der Waals surface area contributed by atoms with Crippen LogP contribution >= 0.6 is 23.4 Å². The summed E-state index contributed by atoms with van der Waals surface area (Å²) in [5.74, 6) is 0.143. The normalized spacial score (nSPS) is 23.2. The van der Waals surface area contributed by atoms with E-state index in [1.54, 1.807) is 0 Å². The molecule has 3 nitrogen and oxygen atoms in total. The average Bonchev–Trinajstić information content (AvgIpc) is 2.40. The third-order valence-corrected chi connectivity index (χ3v) is 5.27. The minimum absolute atomic E-state index is 0.463. The molecule has 0 radical (unpaired) electrons. The van der Waals surface area contributed by atoms with Crippen LogP contribution in [0.15, 0.2) is 24.3 Å². The Morgan fingerprint density at radius 2 is 2.25 bits per heavy atom. The van der Waals surface area contributed by atoms with Crippen molar-refractivity contribution in [2.75, 3.05) is 17.2 Å². The molecular weight excluding hydrogens is 294 g/mol. The molecule has 0 spiro atoms. The summed E-state index contributed by atoms with van der Waals surface area (Å²) in [7, 11) is 0. The van der Waals surface area contributed by atoms with Gasteiger partial charge in [-0.2, -0.15) is 11.8 Å². The van der Waals surface area contributed by atoms with Crippen molar-refractivity contribution in [3.63, 3.8) is 0 Å². The molecule has 2 unspecified atom stereocenters. The first-order valence-corrected chi connectivity index (χ1v) is 8.00. The molecule has 1 saturated heterocycles. The van der Waals surface area contributed by atoms with Gasteiger partial charge in [0.15, 0.2) is 0 Å². The lowest BCUT2D eigenvalue weighted by molar-refractivity contribution is -0.131. The summed E-state index contributed by atoms with van der Waals surface area (Å²) >= 11 is 8.23. The first-order chi connectivity index (χ1) is 9.49. The average molecular weight is 312 g/mol. The molecule has 0 saturated carbocycles. The van der Waals surface area contributed by atoms with E-state index in [1.807, 2.05) is 30.0 Å². The minimum Gasteiger partial charge on any atom is -0.478 e. The van der Waals surface area contributed by atoms with Gasteiger partial charge in [0.05, 0.1) is 0 Å². The van der Waals surface area contributed by atoms with E-state index in [0.29, 0.717) is 16.3 Å². The van der Waals surface area contributed by atoms with Gasteiger partial charge >= 0.3 is 5.97 Å². The first kappa shape index (κ1) is 15.3. The fourth-order valence-corrected chi connectivity index (χ4v) is 3.63. The molecule has 108 valence electrons. The Kier molecular flexibility index (Phi) is 5.00. The number of hydrogen-bond donors (Lipinski definition) is 1. The van der Waals surface area contributed by atoms with E-state index < -0.39 is 5.97 Å². The fraction of sp³-hybridized carbons (Fsp3) is 0.400. The molecule has 2 rings (SSSR count). The number of carboxylic acid groups (broad SMARTS) is 1. The van der Waals surface area contributed by atoms with Gasteiger partial charge in [-0.05, 0) is 30.7 Å². The number of hydrogen-bond acceptors (Lipinski definition) is 3. The maximum Gasteiger partial charge on any atom is 0.328 e. The quantitative estimate of drug-likeness (QED) is 0.863. The van der Waals surface area contributed by atoms with Crippen molar-refractivity contribution >= 4 is 41.1 Å². The molecule has 1 aliphatic heterocycles. The Balaban J connectivity index is 2.22. The van der Waals surface area contributed by atoms with Crippen molar-refractivity contribution in [3.8, 4) is 0 Å². The smallest absolute Gasteiger partial charge is 0.328 e. The molecule has 1 aliphatic rings. The zero-order valence-electron chi connectivity index (χ0n) is 11.5. The molecule has 5 heteroatoms. The Labute approximate surface area is 128 Å². The largest absolute Gasteiger partial charge is 0.478 e. The standard InChI is InChI=1S/C15H18ClNO2S/c1-10-11(2)20-8-7-17(10)13-5-3-12(14(16)9-13)4-6-15(18)19/h3-6,9-11H,7-8H2,1-2H3,(H,18,19)/b6-4+. The second kappa shape index (κ2) is 6.55. The molecule has 0 amide bonds. The molecular formula is C15H18ClNO2S. The number of carboxylic acids is 1. The lowest BCUT2D eigenvalue weighted by Gasteiger charge is -2.39. The first-order valence-electron chi connectivity index (χ1n) is 6.58. The van der Waals surface area contributed by atoms with Crippen LogP contribution in [0.2, 0.25) is 5.02 Å². The van der Waals surface area contributed by atoms with E-state index >= 15 is 0 Å². The lowest BCUT2D eigenvalue weighted by atomic mass is 10.1. The molecule has 0 aromatic heterocycles. The molecule has 0 aliphatic carbocycles. The predicted molar refractivity (Wildman–Crippen MR) is 86.8 cm³/mol. The van der Waals surface area contributed by atoms with Crippen molar-refractivity contribution in [1.82, 2.24) is 0 Å². The third kappa shape index (κ3) is 3.49. The van der Waals surface area contributed by atoms with Gasteiger partial charge in [-0.15, -0.1) is 0 Å². The van der Waals surface area contributed by atoms with Crippen LogP contribution in [-0.4, -0.2) is 34.7 Å². The van der Waals surface area contributed by atoms with Crippen LogP contribution in [-0.2, 0) is 4.79 Å². The Hall–Kier alpha value is -1.13. The van der Waals surface area contributed by atoms with Crippen molar-refractivity contribution < 1.29 is 9.90 Å². The second-order valence-electron chi connectivity index (χ2n) is 4.89. The SMILES string of the molecule is CC1SCCN(c2ccc(/C=C/C(=O)O)c(Cl)c2)C1C. The maximum absolute atomic E-state index is 10.5. The van der Waals surface area contributed by atoms with E-state index in [0.717, 1.165) is 29.6 Å². The number of nitrogens with zero attached hydrogens (tertiary/aromatic N) is 1. The van der Waals surface area contributed by atoms with Crippen LogP contribution in [0.1, 0.15) is 19.4 Å². The van der Waals surface area contributed by atoms with E-state index in [9.17, 15) is 4.79 Å². The molecule has 20 heavy (non-hydrogen) atoms. The van der Waals surface area contributed by atoms with Gasteiger partial charge in [0.1, 0.15) is 0 Å². The monoisotopic (exact) mass is 311 g/mol. The van der Waals surface area contributed by atoms with Crippen molar-refractivity contribution in [2.45, 2.75) is 25.1 Å². The molecule has 1 aromatic rings. The summed E-state index contributed by atoms with van der Waals surface area (Å²) in [5.41, 5.74) is 1.83. The van der Waals surface area contributed by atoms with Gasteiger partial charge in [0.25, 0.3) is 0 Å². The summed E-state index contributed by atoms with van der Waals surface area (Å²) in [5, 5.41) is 9.82. The Bertz CT molecular complexity index is 533. The minimum atomic E-state index is -0.972. The molecule has 1 N–H and O–H groups in total. The van der Waals surface area contributed by atoms with E-state index in [-0.39, 0.29) is 0 Å². The Morgan fingerprint density at radius 1 is 1.50 bits per heavy atom. The second-order valence-corrected chi connectivity index (χ2v) is 6.78. The van der Waals surface area contributed by atoms with Gasteiger partial charge < -0.3 is 10.0 Å². The number of aliphatic carboxylic acids is 1. The van der Waals surface area contributed by atoms with Crippen LogP contribution in [0.5, 0.6) is 0 Å². The summed E-state index contributed by atoms with van der Waals surface area (Å²) in [6, 6.07) is 6.26. The number of halogens is 1. The molecule has 2 atom stereocenters. The number of rotatable bonds is 3. The van der Waals surface area contributed by atoms with Gasteiger partial charge in [-0.1, -0.05) is 24.6 Å². The summed E-state index contributed by atoms with van der Waals surface area (Å²) in [6.45, 7) is 5.48. The summed E-state index contributed by atoms with van der Waals surface area (Å²) in [6.07, 6.45) is 2.62. The van der Waals surface area contributed by atoms with Crippen LogP contribution < -0.4 is 4.90 Å². The van der Waals surface area contributed by atoms with Crippen LogP contribution in [0.4, 0.5) is 5.69 Å². The van der Waals surface area contributed by atoms with Crippen LogP contribution in [0, 0.1) is 0 Å². The highest BCUT2D eigenvalue weighted by Gasteiger charge is 2.25. The third-order valence-electron chi connectivity index (χ3n) is 3.61. The fourth-order valence-electron chi connectivity index (χ4n) is 2.29. The van der Waals surface area contributed by atoms with Crippen LogP contribution in [0.25, 0.3) is 6.08 Å². The number of carbonyl (C=O) groups is 1. The number of anilines is 1. The summed E-state index contributed by atoms with van der Waals surface area (Å²) < 4.78 is 0. The topological polar surface area (TPSA) is 40.5 Å². The maximum atomic E-state index is 10.5. The highest BCUT2D eigenvalue weighted by atomic mass is 35.5.